The first kappa shape index (κ1) is 37.3. The van der Waals surface area contributed by atoms with E-state index in [1.54, 1.807) is 48.5 Å². The summed E-state index contributed by atoms with van der Waals surface area (Å²) in [5.41, 5.74) is 0.499. The maximum absolute atomic E-state index is 14.6. The highest BCUT2D eigenvalue weighted by Gasteiger charge is 2.19. The van der Waals surface area contributed by atoms with Gasteiger partial charge >= 0.3 is 11.9 Å². The molecule has 0 unspecified atom stereocenters. The molecule has 6 aromatic rings. The van der Waals surface area contributed by atoms with E-state index in [1.807, 2.05) is 6.92 Å². The number of carboxylic acid groups (broad SMARTS) is 2. The van der Waals surface area contributed by atoms with Crippen molar-refractivity contribution in [3.63, 3.8) is 0 Å². The molecule has 0 atom stereocenters. The van der Waals surface area contributed by atoms with Crippen LogP contribution in [0.5, 0.6) is 11.5 Å². The first-order chi connectivity index (χ1) is 25.5. The summed E-state index contributed by atoms with van der Waals surface area (Å²) in [5, 5.41) is 23.2. The Kier molecular flexibility index (Phi) is 11.8. The molecule has 0 aliphatic rings. The van der Waals surface area contributed by atoms with E-state index in [-0.39, 0.29) is 22.8 Å². The Morgan fingerprint density at radius 1 is 0.604 bits per heavy atom. The summed E-state index contributed by atoms with van der Waals surface area (Å²) >= 11 is 0. The monoisotopic (exact) mass is 726 g/mol. The number of anilines is 4. The molecule has 0 spiro atoms. The standard InChI is InChI=1S/C20H16F2N2O3.C19H14F2N2O3/c1-2-27-14-6-3-5-12(9-14)13-10-16(21)18(17(22)11-13)24-19-15(20(25)26)7-4-8-23-19;1-26-13-5-2-4-11(8-13)12-9-15(20)17(16(21)10-12)23-18-14(19(24)25)6-3-7-22-18/h3-11H,2H2,1H3,(H,23,24)(H,25,26);2-10H,1H3,(H,22,23)(H,24,25). The van der Waals surface area contributed by atoms with Crippen LogP contribution in [0.1, 0.15) is 27.6 Å². The van der Waals surface area contributed by atoms with Crippen LogP contribution in [-0.4, -0.2) is 45.8 Å². The number of rotatable bonds is 11. The number of hydrogen-bond donors (Lipinski definition) is 4. The Hall–Kier alpha value is -6.96. The van der Waals surface area contributed by atoms with Crippen LogP contribution in [0.3, 0.4) is 0 Å². The molecule has 0 aliphatic carbocycles. The van der Waals surface area contributed by atoms with Crippen molar-refractivity contribution in [2.24, 2.45) is 0 Å². The molecule has 0 fully saturated rings. The first-order valence-corrected chi connectivity index (χ1v) is 15.8. The second-order valence-corrected chi connectivity index (χ2v) is 11.0. The van der Waals surface area contributed by atoms with E-state index in [1.165, 1.54) is 55.9 Å². The second kappa shape index (κ2) is 16.8. The van der Waals surface area contributed by atoms with Crippen molar-refractivity contribution in [3.05, 3.63) is 144 Å². The number of aromatic carboxylic acids is 2. The fourth-order valence-corrected chi connectivity index (χ4v) is 5.04. The molecular formula is C39H30F4N4O6. The zero-order valence-electron chi connectivity index (χ0n) is 28.0. The molecule has 2 heterocycles. The van der Waals surface area contributed by atoms with Crippen LogP contribution in [0.25, 0.3) is 22.3 Å². The lowest BCUT2D eigenvalue weighted by Gasteiger charge is -2.12. The van der Waals surface area contributed by atoms with Gasteiger partial charge in [0.2, 0.25) is 0 Å². The average molecular weight is 727 g/mol. The number of methoxy groups -OCH3 is 1. The summed E-state index contributed by atoms with van der Waals surface area (Å²) in [6.45, 7) is 2.32. The highest BCUT2D eigenvalue weighted by Crippen LogP contribution is 2.33. The number of aromatic nitrogens is 2. The van der Waals surface area contributed by atoms with E-state index >= 15 is 0 Å². The fourth-order valence-electron chi connectivity index (χ4n) is 5.04. The maximum atomic E-state index is 14.6. The smallest absolute Gasteiger partial charge is 0.339 e. The minimum atomic E-state index is -1.26. The lowest BCUT2D eigenvalue weighted by Crippen LogP contribution is -2.06. The van der Waals surface area contributed by atoms with Crippen molar-refractivity contribution in [2.75, 3.05) is 24.4 Å². The largest absolute Gasteiger partial charge is 0.497 e. The van der Waals surface area contributed by atoms with E-state index in [0.717, 1.165) is 12.1 Å². The van der Waals surface area contributed by atoms with Gasteiger partial charge in [0.15, 0.2) is 0 Å². The van der Waals surface area contributed by atoms with Gasteiger partial charge < -0.3 is 30.3 Å². The molecule has 270 valence electrons. The zero-order chi connectivity index (χ0) is 38.1. The minimum absolute atomic E-state index is 0.145. The number of carboxylic acids is 2. The molecular weight excluding hydrogens is 696 g/mol. The molecule has 2 aromatic heterocycles. The molecule has 0 bridgehead atoms. The van der Waals surface area contributed by atoms with Gasteiger partial charge in [-0.2, -0.15) is 0 Å². The third-order valence-corrected chi connectivity index (χ3v) is 7.53. The van der Waals surface area contributed by atoms with Crippen molar-refractivity contribution >= 4 is 34.9 Å². The summed E-state index contributed by atoms with van der Waals surface area (Å²) in [7, 11) is 1.50. The summed E-state index contributed by atoms with van der Waals surface area (Å²) in [4.78, 5) is 30.1. The van der Waals surface area contributed by atoms with E-state index < -0.39 is 46.6 Å². The quantitative estimate of drug-likeness (QED) is 0.0954. The molecule has 0 saturated carbocycles. The summed E-state index contributed by atoms with van der Waals surface area (Å²) < 4.78 is 68.6. The maximum Gasteiger partial charge on any atom is 0.339 e. The van der Waals surface area contributed by atoms with Crippen molar-refractivity contribution in [2.45, 2.75) is 6.92 Å². The highest BCUT2D eigenvalue weighted by molar-refractivity contribution is 5.94. The Morgan fingerprint density at radius 3 is 1.42 bits per heavy atom. The SMILES string of the molecule is CCOc1cccc(-c2cc(F)c(Nc3ncccc3C(=O)O)c(F)c2)c1.COc1cccc(-c2cc(F)c(Nc3ncccc3C(=O)O)c(F)c2)c1. The molecule has 14 heteroatoms. The number of nitrogens with one attached hydrogen (secondary N) is 2. The third kappa shape index (κ3) is 9.05. The van der Waals surface area contributed by atoms with Crippen molar-refractivity contribution in [1.29, 1.82) is 0 Å². The van der Waals surface area contributed by atoms with Gasteiger partial charge in [0.25, 0.3) is 0 Å². The van der Waals surface area contributed by atoms with Crippen molar-refractivity contribution < 1.29 is 46.8 Å². The predicted molar refractivity (Wildman–Crippen MR) is 190 cm³/mol. The number of benzene rings is 4. The van der Waals surface area contributed by atoms with Gasteiger partial charge in [0.1, 0.15) is 68.9 Å². The van der Waals surface area contributed by atoms with Crippen molar-refractivity contribution in [1.82, 2.24) is 9.97 Å². The molecule has 53 heavy (non-hydrogen) atoms. The van der Waals surface area contributed by atoms with Crippen LogP contribution in [0.2, 0.25) is 0 Å². The average Bonchev–Trinajstić information content (AvgIpc) is 3.15. The van der Waals surface area contributed by atoms with Gasteiger partial charge in [-0.1, -0.05) is 24.3 Å². The van der Waals surface area contributed by atoms with Gasteiger partial charge in [-0.05, 0) is 102 Å². The number of carbonyl (C=O) groups is 2. The van der Waals surface area contributed by atoms with E-state index in [9.17, 15) is 27.2 Å². The van der Waals surface area contributed by atoms with Gasteiger partial charge in [-0.15, -0.1) is 0 Å². The van der Waals surface area contributed by atoms with E-state index in [2.05, 4.69) is 20.6 Å². The Balaban J connectivity index is 0.000000204. The molecule has 10 nitrogen and oxygen atoms in total. The number of halogens is 4. The van der Waals surface area contributed by atoms with E-state index in [4.69, 9.17) is 19.7 Å². The molecule has 0 amide bonds. The van der Waals surface area contributed by atoms with Gasteiger partial charge in [-0.25, -0.2) is 37.1 Å². The molecule has 0 saturated heterocycles. The summed E-state index contributed by atoms with van der Waals surface area (Å²) in [5.74, 6) is -5.12. The first-order valence-electron chi connectivity index (χ1n) is 15.8. The van der Waals surface area contributed by atoms with Crippen molar-refractivity contribution in [3.8, 4) is 33.8 Å². The molecule has 0 radical (unpaired) electrons. The van der Waals surface area contributed by atoms with Crippen LogP contribution < -0.4 is 20.1 Å². The summed E-state index contributed by atoms with van der Waals surface area (Å²) in [6.07, 6.45) is 2.66. The fraction of sp³-hybridized carbons (Fsp3) is 0.0769. The summed E-state index contributed by atoms with van der Waals surface area (Å²) in [6, 6.07) is 23.8. The number of nitrogens with zero attached hydrogens (tertiary/aromatic N) is 2. The Labute approximate surface area is 300 Å². The highest BCUT2D eigenvalue weighted by atomic mass is 19.1. The minimum Gasteiger partial charge on any atom is -0.497 e. The molecule has 6 rings (SSSR count). The lowest BCUT2D eigenvalue weighted by molar-refractivity contribution is 0.0686. The lowest BCUT2D eigenvalue weighted by atomic mass is 10.0. The number of hydrogen-bond acceptors (Lipinski definition) is 8. The Bertz CT molecular complexity index is 2240. The number of ether oxygens (including phenoxy) is 2. The predicted octanol–water partition coefficient (Wildman–Crippen LogP) is 9.34. The van der Waals surface area contributed by atoms with Crippen LogP contribution >= 0.6 is 0 Å². The second-order valence-electron chi connectivity index (χ2n) is 11.0. The van der Waals surface area contributed by atoms with Crippen LogP contribution in [0.15, 0.2) is 109 Å². The van der Waals surface area contributed by atoms with Gasteiger partial charge in [-0.3, -0.25) is 0 Å². The zero-order valence-corrected chi connectivity index (χ0v) is 28.0. The van der Waals surface area contributed by atoms with Crippen LogP contribution in [0.4, 0.5) is 40.6 Å². The topological polar surface area (TPSA) is 143 Å². The molecule has 0 aliphatic heterocycles. The number of pyridine rings is 2. The molecule has 4 aromatic carbocycles. The Morgan fingerprint density at radius 2 is 1.02 bits per heavy atom. The third-order valence-electron chi connectivity index (χ3n) is 7.53. The van der Waals surface area contributed by atoms with Crippen LogP contribution in [0, 0.1) is 23.3 Å². The normalized spacial score (nSPS) is 10.5. The van der Waals surface area contributed by atoms with E-state index in [0.29, 0.717) is 40.4 Å². The van der Waals surface area contributed by atoms with Gasteiger partial charge in [0, 0.05) is 12.4 Å². The van der Waals surface area contributed by atoms with Crippen LogP contribution in [-0.2, 0) is 0 Å². The molecule has 4 N–H and O–H groups in total. The van der Waals surface area contributed by atoms with Gasteiger partial charge in [0.05, 0.1) is 13.7 Å².